The summed E-state index contributed by atoms with van der Waals surface area (Å²) in [5.74, 6) is 0. The maximum Gasteiger partial charge on any atom is 0.0746 e. The molecule has 0 spiro atoms. The summed E-state index contributed by atoms with van der Waals surface area (Å²) in [7, 11) is 6.19. The first kappa shape index (κ1) is 13.2. The van der Waals surface area contributed by atoms with Crippen molar-refractivity contribution in [1.29, 1.82) is 0 Å². The van der Waals surface area contributed by atoms with Crippen molar-refractivity contribution in [3.8, 4) is 0 Å². The van der Waals surface area contributed by atoms with Crippen molar-refractivity contribution in [3.05, 3.63) is 12.7 Å². The van der Waals surface area contributed by atoms with Crippen LogP contribution in [0.3, 0.4) is 0 Å². The highest BCUT2D eigenvalue weighted by atomic mass is 32.2. The van der Waals surface area contributed by atoms with Gasteiger partial charge >= 0.3 is 0 Å². The fourth-order valence-electron chi connectivity index (χ4n) is 1.23. The summed E-state index contributed by atoms with van der Waals surface area (Å²) >= 11 is 1.81. The van der Waals surface area contributed by atoms with Crippen LogP contribution in [0, 0.1) is 5.41 Å². The largest absolute Gasteiger partial charge is 0.154 e. The minimum Gasteiger partial charge on any atom is -0.154 e. The standard InChI is InChI=1S/C11H21BS/c1-8-11(6,13-7)9(2,3)10(4,5)12/h8H,1H2,2-7H3. The van der Waals surface area contributed by atoms with Crippen LogP contribution >= 0.6 is 11.8 Å². The molecule has 1 unspecified atom stereocenters. The normalized spacial score (nSPS) is 18.0. The highest BCUT2D eigenvalue weighted by Gasteiger charge is 2.45. The molecule has 2 radical (unpaired) electrons. The molecule has 0 aliphatic rings. The molecule has 0 aliphatic carbocycles. The SMILES string of the molecule is [B]C(C)(C)C(C)(C)C(C)(C=C)SC. The van der Waals surface area contributed by atoms with E-state index < -0.39 is 0 Å². The Hall–Kier alpha value is 0.155. The van der Waals surface area contributed by atoms with Gasteiger partial charge in [-0.2, -0.15) is 11.8 Å². The van der Waals surface area contributed by atoms with Gasteiger partial charge in [0, 0.05) is 4.75 Å². The minimum absolute atomic E-state index is 0.0150. The molecule has 0 saturated carbocycles. The van der Waals surface area contributed by atoms with E-state index in [-0.39, 0.29) is 15.5 Å². The summed E-state index contributed by atoms with van der Waals surface area (Å²) in [6, 6.07) is 0. The Kier molecular flexibility index (Phi) is 3.77. The zero-order valence-electron chi connectivity index (χ0n) is 9.77. The van der Waals surface area contributed by atoms with E-state index in [2.05, 4.69) is 47.5 Å². The fourth-order valence-corrected chi connectivity index (χ4v) is 2.17. The maximum absolute atomic E-state index is 6.19. The molecule has 0 heterocycles. The van der Waals surface area contributed by atoms with Crippen molar-refractivity contribution in [1.82, 2.24) is 0 Å². The number of hydrogen-bond donors (Lipinski definition) is 0. The molecule has 0 bridgehead atoms. The number of thioether (sulfide) groups is 1. The molecular weight excluding hydrogens is 175 g/mol. The average molecular weight is 196 g/mol. The Bertz CT molecular complexity index is 191. The molecule has 0 fully saturated rings. The first-order chi connectivity index (χ1) is 5.62. The smallest absolute Gasteiger partial charge is 0.0746 e. The predicted octanol–water partition coefficient (Wildman–Crippen LogP) is 3.69. The molecular formula is C11H21BS. The molecule has 0 aromatic rings. The summed E-state index contributed by atoms with van der Waals surface area (Å²) in [5.41, 5.74) is 0.0150. The monoisotopic (exact) mass is 196 g/mol. The van der Waals surface area contributed by atoms with Gasteiger partial charge in [-0.05, 0) is 18.6 Å². The second-order valence-electron chi connectivity index (χ2n) is 4.86. The molecule has 13 heavy (non-hydrogen) atoms. The third kappa shape index (κ3) is 2.15. The van der Waals surface area contributed by atoms with Crippen molar-refractivity contribution in [2.75, 3.05) is 6.26 Å². The molecule has 0 amide bonds. The molecule has 0 saturated heterocycles. The van der Waals surface area contributed by atoms with Crippen molar-refractivity contribution in [2.24, 2.45) is 5.41 Å². The zero-order chi connectivity index (χ0) is 10.9. The Labute approximate surface area is 89.0 Å². The summed E-state index contributed by atoms with van der Waals surface area (Å²) in [4.78, 5) is 0. The number of hydrogen-bond acceptors (Lipinski definition) is 1. The Balaban J connectivity index is 5.12. The topological polar surface area (TPSA) is 0 Å². The lowest BCUT2D eigenvalue weighted by Gasteiger charge is -2.50. The predicted molar refractivity (Wildman–Crippen MR) is 65.7 cm³/mol. The van der Waals surface area contributed by atoms with Crippen molar-refractivity contribution in [2.45, 2.75) is 44.7 Å². The molecule has 0 rings (SSSR count). The van der Waals surface area contributed by atoms with Gasteiger partial charge < -0.3 is 0 Å². The van der Waals surface area contributed by atoms with Crippen molar-refractivity contribution in [3.63, 3.8) is 0 Å². The average Bonchev–Trinajstić information content (AvgIpc) is 2.00. The van der Waals surface area contributed by atoms with Gasteiger partial charge in [0.2, 0.25) is 0 Å². The molecule has 0 N–H and O–H groups in total. The van der Waals surface area contributed by atoms with Gasteiger partial charge in [0.1, 0.15) is 0 Å². The van der Waals surface area contributed by atoms with Crippen LogP contribution in [0.2, 0.25) is 5.31 Å². The lowest BCUT2D eigenvalue weighted by molar-refractivity contribution is 0.225. The van der Waals surface area contributed by atoms with Gasteiger partial charge in [-0.15, -0.1) is 6.58 Å². The van der Waals surface area contributed by atoms with Crippen LogP contribution in [0.5, 0.6) is 0 Å². The Morgan fingerprint density at radius 2 is 1.54 bits per heavy atom. The van der Waals surface area contributed by atoms with Gasteiger partial charge in [-0.1, -0.05) is 39.1 Å². The molecule has 0 aromatic carbocycles. The van der Waals surface area contributed by atoms with E-state index in [0.717, 1.165) is 0 Å². The van der Waals surface area contributed by atoms with E-state index >= 15 is 0 Å². The van der Waals surface area contributed by atoms with Gasteiger partial charge in [0.15, 0.2) is 0 Å². The van der Waals surface area contributed by atoms with Crippen LogP contribution in [-0.2, 0) is 0 Å². The highest BCUT2D eigenvalue weighted by molar-refractivity contribution is 8.00. The molecule has 0 aromatic heterocycles. The van der Waals surface area contributed by atoms with E-state index in [9.17, 15) is 0 Å². The van der Waals surface area contributed by atoms with Crippen molar-refractivity contribution >= 4 is 19.6 Å². The summed E-state index contributed by atoms with van der Waals surface area (Å²) in [6.07, 6.45) is 4.11. The lowest BCUT2D eigenvalue weighted by Crippen LogP contribution is -2.44. The van der Waals surface area contributed by atoms with Crippen LogP contribution in [0.1, 0.15) is 34.6 Å². The van der Waals surface area contributed by atoms with Crippen LogP contribution in [0.25, 0.3) is 0 Å². The van der Waals surface area contributed by atoms with Gasteiger partial charge in [0.05, 0.1) is 7.85 Å². The van der Waals surface area contributed by atoms with Gasteiger partial charge in [-0.3, -0.25) is 0 Å². The first-order valence-corrected chi connectivity index (χ1v) is 5.82. The van der Waals surface area contributed by atoms with Gasteiger partial charge in [0.25, 0.3) is 0 Å². The minimum atomic E-state index is -0.209. The molecule has 0 nitrogen and oxygen atoms in total. The second kappa shape index (κ2) is 3.72. The van der Waals surface area contributed by atoms with E-state index in [1.165, 1.54) is 0 Å². The van der Waals surface area contributed by atoms with Crippen LogP contribution < -0.4 is 0 Å². The van der Waals surface area contributed by atoms with E-state index in [0.29, 0.717) is 0 Å². The van der Waals surface area contributed by atoms with Crippen LogP contribution in [-0.4, -0.2) is 18.8 Å². The first-order valence-electron chi connectivity index (χ1n) is 4.60. The second-order valence-corrected chi connectivity index (χ2v) is 6.12. The van der Waals surface area contributed by atoms with Gasteiger partial charge in [-0.25, -0.2) is 0 Å². The van der Waals surface area contributed by atoms with E-state index in [4.69, 9.17) is 7.85 Å². The third-order valence-electron chi connectivity index (χ3n) is 3.67. The third-order valence-corrected chi connectivity index (χ3v) is 5.19. The maximum atomic E-state index is 6.19. The highest BCUT2D eigenvalue weighted by Crippen LogP contribution is 2.54. The van der Waals surface area contributed by atoms with E-state index in [1.807, 2.05) is 17.8 Å². The van der Waals surface area contributed by atoms with Crippen LogP contribution in [0.15, 0.2) is 12.7 Å². The fraction of sp³-hybridized carbons (Fsp3) is 0.818. The van der Waals surface area contributed by atoms with Crippen LogP contribution in [0.4, 0.5) is 0 Å². The Morgan fingerprint density at radius 1 is 1.15 bits per heavy atom. The van der Waals surface area contributed by atoms with Crippen molar-refractivity contribution < 1.29 is 0 Å². The Morgan fingerprint density at radius 3 is 1.62 bits per heavy atom. The quantitative estimate of drug-likeness (QED) is 0.488. The zero-order valence-corrected chi connectivity index (χ0v) is 10.6. The summed E-state index contributed by atoms with van der Waals surface area (Å²) in [6.45, 7) is 14.6. The molecule has 0 aliphatic heterocycles. The summed E-state index contributed by atoms with van der Waals surface area (Å²) in [5, 5.41) is -0.209. The molecule has 74 valence electrons. The molecule has 2 heteroatoms. The molecule has 1 atom stereocenters. The van der Waals surface area contributed by atoms with E-state index in [1.54, 1.807) is 0 Å². The lowest BCUT2D eigenvalue weighted by atomic mass is 9.51. The summed E-state index contributed by atoms with van der Waals surface area (Å²) < 4.78 is 0.0191. The number of rotatable bonds is 4.